The Morgan fingerprint density at radius 2 is 1.85 bits per heavy atom. The molecule has 2 aliphatic carbocycles. The van der Waals surface area contributed by atoms with Crippen LogP contribution in [0, 0.1) is 5.41 Å². The summed E-state index contributed by atoms with van der Waals surface area (Å²) in [6.45, 7) is 0. The van der Waals surface area contributed by atoms with Gasteiger partial charge in [0.1, 0.15) is 0 Å². The highest BCUT2D eigenvalue weighted by Crippen LogP contribution is 2.52. The van der Waals surface area contributed by atoms with Gasteiger partial charge < -0.3 is 11.5 Å². The first-order valence-electron chi connectivity index (χ1n) is 4.65. The molecule has 0 spiro atoms. The van der Waals surface area contributed by atoms with E-state index < -0.39 is 0 Å². The van der Waals surface area contributed by atoms with Gasteiger partial charge in [0.15, 0.2) is 0 Å². The van der Waals surface area contributed by atoms with Crippen LogP contribution in [0.25, 0.3) is 0 Å². The van der Waals surface area contributed by atoms with Gasteiger partial charge in [-0.2, -0.15) is 0 Å². The Hall–Kier alpha value is -0.280. The smallest absolute Gasteiger partial charge is 0.223 e. The molecule has 3 nitrogen and oxygen atoms in total. The summed E-state index contributed by atoms with van der Waals surface area (Å²) in [7, 11) is 0. The summed E-state index contributed by atoms with van der Waals surface area (Å²) < 4.78 is 0. The Morgan fingerprint density at radius 1 is 1.15 bits per heavy atom. The van der Waals surface area contributed by atoms with E-state index in [4.69, 9.17) is 11.5 Å². The van der Waals surface area contributed by atoms with Gasteiger partial charge in [0.25, 0.3) is 0 Å². The normalized spacial score (nSPS) is 42.5. The zero-order valence-electron chi connectivity index (χ0n) is 7.71. The molecule has 2 atom stereocenters. The minimum absolute atomic E-state index is 0. The minimum atomic E-state index is -0.229. The fourth-order valence-electron chi connectivity index (χ4n) is 2.88. The molecule has 0 aliphatic heterocycles. The molecular weight excluding hydrogens is 188 g/mol. The molecule has 2 aliphatic rings. The molecule has 0 aromatic heterocycles. The van der Waals surface area contributed by atoms with Gasteiger partial charge >= 0.3 is 0 Å². The van der Waals surface area contributed by atoms with Crippen molar-refractivity contribution in [3.63, 3.8) is 0 Å². The number of rotatable bonds is 1. The topological polar surface area (TPSA) is 69.1 Å². The van der Waals surface area contributed by atoms with Crippen LogP contribution < -0.4 is 11.5 Å². The highest BCUT2D eigenvalue weighted by atomic mass is 35.5. The number of nitrogens with two attached hydrogens (primary N) is 2. The number of hydrogen-bond acceptors (Lipinski definition) is 2. The van der Waals surface area contributed by atoms with Crippen LogP contribution in [0.2, 0.25) is 0 Å². The summed E-state index contributed by atoms with van der Waals surface area (Å²) in [6.07, 6.45) is 5.83. The van der Waals surface area contributed by atoms with E-state index >= 15 is 0 Å². The van der Waals surface area contributed by atoms with E-state index in [1.165, 1.54) is 0 Å². The van der Waals surface area contributed by atoms with Crippen molar-refractivity contribution >= 4 is 18.3 Å². The fourth-order valence-corrected chi connectivity index (χ4v) is 2.88. The summed E-state index contributed by atoms with van der Waals surface area (Å²) in [4.78, 5) is 11.2. The van der Waals surface area contributed by atoms with Gasteiger partial charge in [-0.1, -0.05) is 6.42 Å². The van der Waals surface area contributed by atoms with E-state index in [9.17, 15) is 4.79 Å². The molecule has 13 heavy (non-hydrogen) atoms. The van der Waals surface area contributed by atoms with Crippen molar-refractivity contribution in [2.24, 2.45) is 16.9 Å². The molecule has 0 aromatic carbocycles. The van der Waals surface area contributed by atoms with Gasteiger partial charge in [-0.05, 0) is 32.1 Å². The molecule has 76 valence electrons. The van der Waals surface area contributed by atoms with Crippen molar-refractivity contribution in [1.29, 1.82) is 0 Å². The zero-order chi connectivity index (χ0) is 8.82. The molecular formula is C9H17ClN2O. The maximum absolute atomic E-state index is 11.2. The van der Waals surface area contributed by atoms with E-state index in [-0.39, 0.29) is 29.3 Å². The molecule has 2 fully saturated rings. The highest BCUT2D eigenvalue weighted by Gasteiger charge is 2.52. The van der Waals surface area contributed by atoms with Gasteiger partial charge in [0, 0.05) is 5.54 Å². The molecule has 0 aromatic rings. The summed E-state index contributed by atoms with van der Waals surface area (Å²) in [6, 6.07) is 0. The second kappa shape index (κ2) is 3.14. The largest absolute Gasteiger partial charge is 0.369 e. The van der Waals surface area contributed by atoms with E-state index in [2.05, 4.69) is 0 Å². The van der Waals surface area contributed by atoms with E-state index in [1.807, 2.05) is 0 Å². The van der Waals surface area contributed by atoms with Crippen LogP contribution in [0.5, 0.6) is 0 Å². The van der Waals surface area contributed by atoms with Crippen LogP contribution in [0.3, 0.4) is 0 Å². The van der Waals surface area contributed by atoms with Crippen LogP contribution in [-0.4, -0.2) is 11.4 Å². The summed E-state index contributed by atoms with van der Waals surface area (Å²) >= 11 is 0. The SMILES string of the molecule is Cl.NC(=O)[C@@]12CCC[C@@](N)(CC1)C2. The Morgan fingerprint density at radius 3 is 2.38 bits per heavy atom. The molecule has 0 heterocycles. The van der Waals surface area contributed by atoms with Crippen molar-refractivity contribution in [2.75, 3.05) is 0 Å². The number of carbonyl (C=O) groups excluding carboxylic acids is 1. The van der Waals surface area contributed by atoms with Gasteiger partial charge in [-0.25, -0.2) is 0 Å². The number of hydrogen-bond donors (Lipinski definition) is 2. The molecule has 0 saturated heterocycles. The van der Waals surface area contributed by atoms with Crippen LogP contribution in [0.4, 0.5) is 0 Å². The summed E-state index contributed by atoms with van der Waals surface area (Å²) in [5.41, 5.74) is 11.2. The summed E-state index contributed by atoms with van der Waals surface area (Å²) in [5.74, 6) is -0.130. The average molecular weight is 205 g/mol. The predicted octanol–water partition coefficient (Wildman–Crippen LogP) is 0.945. The van der Waals surface area contributed by atoms with Crippen LogP contribution in [-0.2, 0) is 4.79 Å². The zero-order valence-corrected chi connectivity index (χ0v) is 8.53. The molecule has 2 bridgehead atoms. The second-order valence-corrected chi connectivity index (χ2v) is 4.54. The minimum Gasteiger partial charge on any atom is -0.369 e. The van der Waals surface area contributed by atoms with Crippen molar-refractivity contribution in [3.8, 4) is 0 Å². The standard InChI is InChI=1S/C9H16N2O.ClH/c10-7(12)8-2-1-3-9(11,6-8)5-4-8;/h1-6,11H2,(H2,10,12);1H/t8-,9+;/m0./s1. The van der Waals surface area contributed by atoms with E-state index in [0.29, 0.717) is 0 Å². The molecule has 1 amide bonds. The first-order chi connectivity index (χ1) is 5.56. The number of fused-ring (bicyclic) bond motifs is 2. The lowest BCUT2D eigenvalue weighted by Gasteiger charge is -2.34. The Bertz CT molecular complexity index is 234. The third-order valence-corrected chi connectivity index (χ3v) is 3.64. The molecule has 0 radical (unpaired) electrons. The number of carbonyl (C=O) groups is 1. The van der Waals surface area contributed by atoms with Crippen LogP contribution >= 0.6 is 12.4 Å². The van der Waals surface area contributed by atoms with Crippen molar-refractivity contribution in [1.82, 2.24) is 0 Å². The molecule has 2 saturated carbocycles. The maximum Gasteiger partial charge on any atom is 0.223 e. The molecule has 4 heteroatoms. The highest BCUT2D eigenvalue weighted by molar-refractivity contribution is 5.85. The third-order valence-electron chi connectivity index (χ3n) is 3.64. The number of halogens is 1. The monoisotopic (exact) mass is 204 g/mol. The van der Waals surface area contributed by atoms with E-state index in [1.54, 1.807) is 0 Å². The number of primary amides is 1. The summed E-state index contributed by atoms with van der Waals surface area (Å²) in [5, 5.41) is 0. The lowest BCUT2D eigenvalue weighted by molar-refractivity contribution is -0.128. The Kier molecular flexibility index (Phi) is 2.61. The van der Waals surface area contributed by atoms with Gasteiger partial charge in [-0.3, -0.25) is 4.79 Å². The van der Waals surface area contributed by atoms with Gasteiger partial charge in [0.2, 0.25) is 5.91 Å². The second-order valence-electron chi connectivity index (χ2n) is 4.54. The van der Waals surface area contributed by atoms with Crippen LogP contribution in [0.15, 0.2) is 0 Å². The fraction of sp³-hybridized carbons (Fsp3) is 0.889. The van der Waals surface area contributed by atoms with Gasteiger partial charge in [-0.15, -0.1) is 12.4 Å². The maximum atomic E-state index is 11.2. The lowest BCUT2D eigenvalue weighted by atomic mass is 9.73. The Balaban J connectivity index is 0.000000845. The van der Waals surface area contributed by atoms with Gasteiger partial charge in [0.05, 0.1) is 5.41 Å². The number of amides is 1. The van der Waals surface area contributed by atoms with Crippen molar-refractivity contribution in [2.45, 2.75) is 44.1 Å². The quantitative estimate of drug-likeness (QED) is 0.668. The Labute approximate surface area is 84.6 Å². The van der Waals surface area contributed by atoms with E-state index in [0.717, 1.165) is 38.5 Å². The van der Waals surface area contributed by atoms with Crippen LogP contribution in [0.1, 0.15) is 38.5 Å². The lowest BCUT2D eigenvalue weighted by Crippen LogP contribution is -2.45. The first-order valence-corrected chi connectivity index (χ1v) is 4.65. The molecule has 2 rings (SSSR count). The first kappa shape index (κ1) is 10.8. The molecule has 0 unspecified atom stereocenters. The third kappa shape index (κ3) is 1.55. The van der Waals surface area contributed by atoms with Crippen molar-refractivity contribution < 1.29 is 4.79 Å². The average Bonchev–Trinajstić information content (AvgIpc) is 2.24. The van der Waals surface area contributed by atoms with Crippen molar-refractivity contribution in [3.05, 3.63) is 0 Å². The predicted molar refractivity (Wildman–Crippen MR) is 53.5 cm³/mol. The molecule has 4 N–H and O–H groups in total.